The first-order valence-corrected chi connectivity index (χ1v) is 6.24. The molecule has 0 aliphatic carbocycles. The first kappa shape index (κ1) is 13.7. The molecule has 1 unspecified atom stereocenters. The fourth-order valence-electron chi connectivity index (χ4n) is 1.85. The van der Waals surface area contributed by atoms with Crippen molar-refractivity contribution < 1.29 is 0 Å². The smallest absolute Gasteiger partial charge is 0.0323 e. The van der Waals surface area contributed by atoms with Gasteiger partial charge in [0.1, 0.15) is 0 Å². The molecule has 0 rings (SSSR count). The molecular formula is C14H28. The molecule has 0 aromatic rings. The summed E-state index contributed by atoms with van der Waals surface area (Å²) < 4.78 is 0. The lowest BCUT2D eigenvalue weighted by atomic mass is 9.90. The second-order valence-corrected chi connectivity index (χ2v) is 4.86. The van der Waals surface area contributed by atoms with Crippen LogP contribution in [0.1, 0.15) is 66.2 Å². The molecular weight excluding hydrogens is 168 g/mol. The molecule has 0 aliphatic rings. The molecule has 0 heteroatoms. The monoisotopic (exact) mass is 196 g/mol. The Morgan fingerprint density at radius 3 is 2.07 bits per heavy atom. The standard InChI is InChI=1S/C14H28/c1-6-14(7-2)11-10-13(5)9-8-12(3)4/h13-14H,3,6-11H2,1-2,4-5H3. The summed E-state index contributed by atoms with van der Waals surface area (Å²) in [6.07, 6.45) is 8.07. The predicted molar refractivity (Wildman–Crippen MR) is 66.5 cm³/mol. The zero-order valence-corrected chi connectivity index (χ0v) is 10.6. The van der Waals surface area contributed by atoms with Crippen molar-refractivity contribution in [2.45, 2.75) is 66.2 Å². The lowest BCUT2D eigenvalue weighted by Crippen LogP contribution is -2.02. The largest absolute Gasteiger partial charge is 0.100 e. The Labute approximate surface area is 90.8 Å². The molecule has 0 aromatic heterocycles. The molecule has 1 atom stereocenters. The molecule has 0 N–H and O–H groups in total. The fraction of sp³-hybridized carbons (Fsp3) is 0.857. The molecule has 0 bridgehead atoms. The summed E-state index contributed by atoms with van der Waals surface area (Å²) in [5, 5.41) is 0. The molecule has 0 amide bonds. The minimum atomic E-state index is 0.882. The van der Waals surface area contributed by atoms with E-state index in [-0.39, 0.29) is 0 Å². The van der Waals surface area contributed by atoms with Crippen LogP contribution in [0.25, 0.3) is 0 Å². The average molecular weight is 196 g/mol. The first-order valence-electron chi connectivity index (χ1n) is 6.24. The Morgan fingerprint density at radius 1 is 1.07 bits per heavy atom. The second-order valence-electron chi connectivity index (χ2n) is 4.86. The van der Waals surface area contributed by atoms with Crippen molar-refractivity contribution in [1.29, 1.82) is 0 Å². The third-order valence-electron chi connectivity index (χ3n) is 3.29. The van der Waals surface area contributed by atoms with Crippen molar-refractivity contribution in [2.75, 3.05) is 0 Å². The van der Waals surface area contributed by atoms with Crippen molar-refractivity contribution in [3.05, 3.63) is 12.2 Å². The Balaban J connectivity index is 3.51. The van der Waals surface area contributed by atoms with Crippen LogP contribution in [-0.4, -0.2) is 0 Å². The van der Waals surface area contributed by atoms with E-state index in [1.165, 1.54) is 44.1 Å². The van der Waals surface area contributed by atoms with Crippen molar-refractivity contribution in [3.8, 4) is 0 Å². The molecule has 0 nitrogen and oxygen atoms in total. The highest BCUT2D eigenvalue weighted by Crippen LogP contribution is 2.21. The van der Waals surface area contributed by atoms with Gasteiger partial charge in [-0.2, -0.15) is 0 Å². The minimum absolute atomic E-state index is 0.882. The van der Waals surface area contributed by atoms with Crippen LogP contribution in [0.3, 0.4) is 0 Å². The third-order valence-corrected chi connectivity index (χ3v) is 3.29. The van der Waals surface area contributed by atoms with E-state index >= 15 is 0 Å². The van der Waals surface area contributed by atoms with E-state index in [4.69, 9.17) is 0 Å². The quantitative estimate of drug-likeness (QED) is 0.468. The Kier molecular flexibility index (Phi) is 7.93. The van der Waals surface area contributed by atoms with Gasteiger partial charge >= 0.3 is 0 Å². The predicted octanol–water partition coefficient (Wildman–Crippen LogP) is 5.20. The first-order chi connectivity index (χ1) is 6.60. The third kappa shape index (κ3) is 7.17. The van der Waals surface area contributed by atoms with Crippen LogP contribution < -0.4 is 0 Å². The maximum atomic E-state index is 3.95. The maximum absolute atomic E-state index is 3.95. The van der Waals surface area contributed by atoms with Crippen LogP contribution in [0.4, 0.5) is 0 Å². The molecule has 0 heterocycles. The molecule has 0 spiro atoms. The number of rotatable bonds is 8. The van der Waals surface area contributed by atoms with Crippen LogP contribution in [0.5, 0.6) is 0 Å². The molecule has 0 radical (unpaired) electrons. The summed E-state index contributed by atoms with van der Waals surface area (Å²) in [5.74, 6) is 1.84. The van der Waals surface area contributed by atoms with Gasteiger partial charge in [-0.25, -0.2) is 0 Å². The SMILES string of the molecule is C=C(C)CCC(C)CCC(CC)CC. The Morgan fingerprint density at radius 2 is 1.64 bits per heavy atom. The van der Waals surface area contributed by atoms with Crippen molar-refractivity contribution in [2.24, 2.45) is 11.8 Å². The van der Waals surface area contributed by atoms with Gasteiger partial charge in [-0.05, 0) is 31.6 Å². The van der Waals surface area contributed by atoms with Crippen molar-refractivity contribution in [3.63, 3.8) is 0 Å². The highest BCUT2D eigenvalue weighted by atomic mass is 14.1. The van der Waals surface area contributed by atoms with Gasteiger partial charge in [-0.15, -0.1) is 6.58 Å². The topological polar surface area (TPSA) is 0 Å². The molecule has 0 fully saturated rings. The number of allylic oxidation sites excluding steroid dienone is 1. The van der Waals surface area contributed by atoms with E-state index in [1.807, 2.05) is 0 Å². The van der Waals surface area contributed by atoms with Gasteiger partial charge in [-0.3, -0.25) is 0 Å². The molecule has 0 saturated heterocycles. The highest BCUT2D eigenvalue weighted by molar-refractivity contribution is 4.87. The normalized spacial score (nSPS) is 13.2. The minimum Gasteiger partial charge on any atom is -0.100 e. The van der Waals surface area contributed by atoms with Gasteiger partial charge < -0.3 is 0 Å². The van der Waals surface area contributed by atoms with E-state index in [0.29, 0.717) is 0 Å². The molecule has 84 valence electrons. The lowest BCUT2D eigenvalue weighted by molar-refractivity contribution is 0.379. The Hall–Kier alpha value is -0.260. The summed E-state index contributed by atoms with van der Waals surface area (Å²) >= 11 is 0. The number of hydrogen-bond donors (Lipinski definition) is 0. The summed E-state index contributed by atoms with van der Waals surface area (Å²) in [6, 6.07) is 0. The van der Waals surface area contributed by atoms with Crippen LogP contribution >= 0.6 is 0 Å². The summed E-state index contributed by atoms with van der Waals surface area (Å²) in [7, 11) is 0. The van der Waals surface area contributed by atoms with E-state index in [0.717, 1.165) is 11.8 Å². The molecule has 0 saturated carbocycles. The zero-order valence-electron chi connectivity index (χ0n) is 10.6. The van der Waals surface area contributed by atoms with Crippen LogP contribution in [0.15, 0.2) is 12.2 Å². The average Bonchev–Trinajstić information content (AvgIpc) is 2.16. The zero-order chi connectivity index (χ0) is 11.0. The lowest BCUT2D eigenvalue weighted by Gasteiger charge is -2.16. The maximum Gasteiger partial charge on any atom is -0.0323 e. The molecule has 14 heavy (non-hydrogen) atoms. The van der Waals surface area contributed by atoms with Crippen molar-refractivity contribution >= 4 is 0 Å². The van der Waals surface area contributed by atoms with Gasteiger partial charge in [0.2, 0.25) is 0 Å². The van der Waals surface area contributed by atoms with E-state index < -0.39 is 0 Å². The van der Waals surface area contributed by atoms with Gasteiger partial charge in [0.05, 0.1) is 0 Å². The van der Waals surface area contributed by atoms with E-state index in [1.54, 1.807) is 0 Å². The Bertz CT molecular complexity index is 142. The van der Waals surface area contributed by atoms with Crippen LogP contribution in [-0.2, 0) is 0 Å². The van der Waals surface area contributed by atoms with Gasteiger partial charge in [0, 0.05) is 0 Å². The van der Waals surface area contributed by atoms with Gasteiger partial charge in [0.25, 0.3) is 0 Å². The molecule has 0 aromatic carbocycles. The van der Waals surface area contributed by atoms with E-state index in [9.17, 15) is 0 Å². The van der Waals surface area contributed by atoms with E-state index in [2.05, 4.69) is 34.3 Å². The fourth-order valence-corrected chi connectivity index (χ4v) is 1.85. The van der Waals surface area contributed by atoms with Gasteiger partial charge in [-0.1, -0.05) is 52.0 Å². The van der Waals surface area contributed by atoms with Crippen LogP contribution in [0, 0.1) is 11.8 Å². The summed E-state index contributed by atoms with van der Waals surface area (Å²) in [6.45, 7) is 13.1. The van der Waals surface area contributed by atoms with Crippen LogP contribution in [0.2, 0.25) is 0 Å². The molecule has 0 aliphatic heterocycles. The second kappa shape index (κ2) is 8.08. The highest BCUT2D eigenvalue weighted by Gasteiger charge is 2.07. The van der Waals surface area contributed by atoms with Crippen molar-refractivity contribution in [1.82, 2.24) is 0 Å². The number of hydrogen-bond acceptors (Lipinski definition) is 0. The van der Waals surface area contributed by atoms with Gasteiger partial charge in [0.15, 0.2) is 0 Å². The summed E-state index contributed by atoms with van der Waals surface area (Å²) in [5.41, 5.74) is 1.33. The summed E-state index contributed by atoms with van der Waals surface area (Å²) in [4.78, 5) is 0.